The molecule has 0 saturated carbocycles. The zero-order valence-corrected chi connectivity index (χ0v) is 13.6. The summed E-state index contributed by atoms with van der Waals surface area (Å²) in [4.78, 5) is 7.78. The van der Waals surface area contributed by atoms with Crippen LogP contribution in [0.25, 0.3) is 0 Å². The van der Waals surface area contributed by atoms with E-state index >= 15 is 0 Å². The maximum absolute atomic E-state index is 10.7. The number of hydrogen-bond donors (Lipinski definition) is 2. The van der Waals surface area contributed by atoms with E-state index in [4.69, 9.17) is 10.9 Å². The first-order valence-corrected chi connectivity index (χ1v) is 6.56. The number of hydrogen-bond acceptors (Lipinski definition) is 5. The predicted molar refractivity (Wildman–Crippen MR) is 74.8 cm³/mol. The average Bonchev–Trinajstić information content (AvgIpc) is 2.30. The molecule has 4 N–H and O–H groups in total. The van der Waals surface area contributed by atoms with E-state index in [1.54, 1.807) is 24.5 Å². The molecule has 8 heteroatoms. The van der Waals surface area contributed by atoms with Gasteiger partial charge in [0.2, 0.25) is 10.0 Å². The standard InChI is InChI=1S/C6H8N2O2S.C5H6N2.Na/c7-5-2-1-3-6(4-5)11(8,9)10;1-5-6-3-2-4-7-5;/h1-4H,7H2,(H2,8,9,10);2-4H,1H3;. The predicted octanol–water partition coefficient (Wildman–Crippen LogP) is 0.320. The molecule has 0 aliphatic rings. The van der Waals surface area contributed by atoms with Crippen molar-refractivity contribution in [3.63, 3.8) is 0 Å². The first-order valence-electron chi connectivity index (χ1n) is 5.01. The number of primary sulfonamides is 1. The zero-order valence-electron chi connectivity index (χ0n) is 10.8. The van der Waals surface area contributed by atoms with Crippen molar-refractivity contribution < 1.29 is 8.42 Å². The Hall–Kier alpha value is -0.990. The van der Waals surface area contributed by atoms with Crippen molar-refractivity contribution in [1.29, 1.82) is 0 Å². The molecule has 0 unspecified atom stereocenters. The zero-order chi connectivity index (χ0) is 13.6. The SMILES string of the molecule is Cc1ncccn1.Nc1cccc(S(N)(=O)=O)c1.[Na]. The molecule has 1 radical (unpaired) electrons. The maximum atomic E-state index is 10.7. The van der Waals surface area contributed by atoms with Gasteiger partial charge in [-0.15, -0.1) is 0 Å². The van der Waals surface area contributed by atoms with Gasteiger partial charge in [-0.05, 0) is 31.2 Å². The van der Waals surface area contributed by atoms with Gasteiger partial charge in [0.25, 0.3) is 0 Å². The molecule has 19 heavy (non-hydrogen) atoms. The number of nitrogen functional groups attached to an aromatic ring is 1. The number of nitrogens with two attached hydrogens (primary N) is 2. The van der Waals surface area contributed by atoms with Crippen molar-refractivity contribution in [2.45, 2.75) is 11.8 Å². The van der Waals surface area contributed by atoms with Crippen molar-refractivity contribution in [3.05, 3.63) is 48.5 Å². The first kappa shape index (κ1) is 18.0. The quantitative estimate of drug-likeness (QED) is 0.580. The average molecular weight is 289 g/mol. The van der Waals surface area contributed by atoms with Crippen molar-refractivity contribution in [1.82, 2.24) is 9.97 Å². The molecule has 0 aliphatic heterocycles. The number of benzene rings is 1. The second-order valence-electron chi connectivity index (χ2n) is 3.41. The summed E-state index contributed by atoms with van der Waals surface area (Å²) in [5, 5.41) is 4.84. The van der Waals surface area contributed by atoms with Crippen LogP contribution in [0.2, 0.25) is 0 Å². The molecule has 1 aromatic carbocycles. The Labute approximate surface area is 134 Å². The van der Waals surface area contributed by atoms with Gasteiger partial charge in [-0.25, -0.2) is 23.5 Å². The number of rotatable bonds is 1. The summed E-state index contributed by atoms with van der Waals surface area (Å²) in [6.45, 7) is 1.86. The van der Waals surface area contributed by atoms with E-state index in [1.807, 2.05) is 6.92 Å². The van der Waals surface area contributed by atoms with Crippen LogP contribution in [-0.4, -0.2) is 47.9 Å². The number of aryl methyl sites for hydroxylation is 1. The molecule has 0 fully saturated rings. The Morgan fingerprint density at radius 2 is 1.68 bits per heavy atom. The normalized spacial score (nSPS) is 9.79. The van der Waals surface area contributed by atoms with Gasteiger partial charge in [-0.2, -0.15) is 0 Å². The fraction of sp³-hybridized carbons (Fsp3) is 0.0909. The van der Waals surface area contributed by atoms with E-state index < -0.39 is 10.0 Å². The minimum absolute atomic E-state index is 0. The van der Waals surface area contributed by atoms with Crippen LogP contribution in [0.4, 0.5) is 5.69 Å². The van der Waals surface area contributed by atoms with Crippen LogP contribution in [0.15, 0.2) is 47.6 Å². The van der Waals surface area contributed by atoms with E-state index in [0.717, 1.165) is 5.82 Å². The van der Waals surface area contributed by atoms with Crippen LogP contribution < -0.4 is 10.9 Å². The third-order valence-corrected chi connectivity index (χ3v) is 2.79. The third kappa shape index (κ3) is 7.24. The van der Waals surface area contributed by atoms with Gasteiger partial charge in [-0.3, -0.25) is 0 Å². The van der Waals surface area contributed by atoms with Crippen LogP contribution in [-0.2, 0) is 10.0 Å². The molecule has 1 heterocycles. The summed E-state index contributed by atoms with van der Waals surface area (Å²) in [6.07, 6.45) is 3.45. The summed E-state index contributed by atoms with van der Waals surface area (Å²) in [6, 6.07) is 7.64. The van der Waals surface area contributed by atoms with Crippen LogP contribution >= 0.6 is 0 Å². The van der Waals surface area contributed by atoms with Gasteiger partial charge in [0.05, 0.1) is 4.90 Å². The smallest absolute Gasteiger partial charge is 0.238 e. The minimum Gasteiger partial charge on any atom is -0.399 e. The van der Waals surface area contributed by atoms with Crippen molar-refractivity contribution in [3.8, 4) is 0 Å². The van der Waals surface area contributed by atoms with E-state index in [1.165, 1.54) is 18.2 Å². The molecule has 97 valence electrons. The molecule has 6 nitrogen and oxygen atoms in total. The van der Waals surface area contributed by atoms with Crippen LogP contribution in [0, 0.1) is 6.92 Å². The number of anilines is 1. The minimum atomic E-state index is -3.61. The topological polar surface area (TPSA) is 112 Å². The first-order chi connectivity index (χ1) is 8.39. The molecule has 0 spiro atoms. The monoisotopic (exact) mass is 289 g/mol. The van der Waals surface area contributed by atoms with Gasteiger partial charge >= 0.3 is 0 Å². The number of nitrogens with zero attached hydrogens (tertiary/aromatic N) is 2. The Kier molecular flexibility index (Phi) is 7.81. The van der Waals surface area contributed by atoms with Gasteiger partial charge < -0.3 is 5.73 Å². The Morgan fingerprint density at radius 1 is 1.11 bits per heavy atom. The molecular weight excluding hydrogens is 275 g/mol. The molecular formula is C11H14N4NaO2S. The fourth-order valence-electron chi connectivity index (χ4n) is 1.07. The molecule has 2 aromatic rings. The van der Waals surface area contributed by atoms with Gasteiger partial charge in [-0.1, -0.05) is 6.07 Å². The third-order valence-electron chi connectivity index (χ3n) is 1.88. The van der Waals surface area contributed by atoms with E-state index in [2.05, 4.69) is 9.97 Å². The van der Waals surface area contributed by atoms with Crippen molar-refractivity contribution in [2.75, 3.05) is 5.73 Å². The largest absolute Gasteiger partial charge is 0.399 e. The summed E-state index contributed by atoms with van der Waals surface area (Å²) < 4.78 is 21.4. The summed E-state index contributed by atoms with van der Waals surface area (Å²) in [5.41, 5.74) is 5.72. The van der Waals surface area contributed by atoms with Crippen LogP contribution in [0.3, 0.4) is 0 Å². The molecule has 0 bridgehead atoms. The van der Waals surface area contributed by atoms with Gasteiger partial charge in [0, 0.05) is 47.6 Å². The van der Waals surface area contributed by atoms with Crippen molar-refractivity contribution >= 4 is 45.3 Å². The molecule has 0 saturated heterocycles. The Morgan fingerprint density at radius 3 is 2.00 bits per heavy atom. The summed E-state index contributed by atoms with van der Waals surface area (Å²) >= 11 is 0. The number of sulfonamides is 1. The second-order valence-corrected chi connectivity index (χ2v) is 4.97. The van der Waals surface area contributed by atoms with Crippen LogP contribution in [0.5, 0.6) is 0 Å². The Bertz CT molecular complexity index is 605. The van der Waals surface area contributed by atoms with Gasteiger partial charge in [0.15, 0.2) is 0 Å². The van der Waals surface area contributed by atoms with E-state index in [0.29, 0.717) is 5.69 Å². The molecule has 1 aromatic heterocycles. The number of aromatic nitrogens is 2. The van der Waals surface area contributed by atoms with Crippen LogP contribution in [0.1, 0.15) is 5.82 Å². The molecule has 0 atom stereocenters. The maximum Gasteiger partial charge on any atom is 0.238 e. The fourth-order valence-corrected chi connectivity index (χ4v) is 1.63. The molecule has 2 rings (SSSR count). The van der Waals surface area contributed by atoms with Gasteiger partial charge in [0.1, 0.15) is 5.82 Å². The summed E-state index contributed by atoms with van der Waals surface area (Å²) in [5.74, 6) is 0.822. The van der Waals surface area contributed by atoms with E-state index in [-0.39, 0.29) is 34.5 Å². The molecule has 0 aliphatic carbocycles. The van der Waals surface area contributed by atoms with Crippen molar-refractivity contribution in [2.24, 2.45) is 5.14 Å². The second kappa shape index (κ2) is 8.23. The molecule has 0 amide bonds. The summed E-state index contributed by atoms with van der Waals surface area (Å²) in [7, 11) is -3.61. The Balaban J connectivity index is 0.000000352. The van der Waals surface area contributed by atoms with E-state index in [9.17, 15) is 8.42 Å².